The van der Waals surface area contributed by atoms with Crippen LogP contribution in [0.2, 0.25) is 10.0 Å². The highest BCUT2D eigenvalue weighted by Gasteiger charge is 2.25. The number of rotatable bonds is 4. The Morgan fingerprint density at radius 1 is 1.08 bits per heavy atom. The first-order valence-corrected chi connectivity index (χ1v) is 8.34. The zero-order chi connectivity index (χ0) is 18.7. The van der Waals surface area contributed by atoms with Crippen LogP contribution in [0.15, 0.2) is 60.9 Å². The molecule has 0 radical (unpaired) electrons. The second-order valence-corrected chi connectivity index (χ2v) is 6.13. The maximum Gasteiger partial charge on any atom is 0.263 e. The van der Waals surface area contributed by atoms with Crippen molar-refractivity contribution in [3.05, 3.63) is 76.5 Å². The van der Waals surface area contributed by atoms with Crippen LogP contribution in [0.1, 0.15) is 10.4 Å². The van der Waals surface area contributed by atoms with Crippen molar-refractivity contribution in [1.82, 2.24) is 4.98 Å². The summed E-state index contributed by atoms with van der Waals surface area (Å²) in [6.45, 7) is 0. The third-order valence-corrected chi connectivity index (χ3v) is 4.25. The monoisotopic (exact) mass is 388 g/mol. The lowest BCUT2D eigenvalue weighted by atomic mass is 10.1. The van der Waals surface area contributed by atoms with Crippen molar-refractivity contribution >= 4 is 40.5 Å². The molecule has 1 heterocycles. The van der Waals surface area contributed by atoms with E-state index in [9.17, 15) is 9.90 Å². The summed E-state index contributed by atoms with van der Waals surface area (Å²) in [4.78, 5) is 18.6. The molecule has 0 bridgehead atoms. The summed E-state index contributed by atoms with van der Waals surface area (Å²) in [6, 6.07) is 13.3. The molecule has 0 aliphatic heterocycles. The van der Waals surface area contributed by atoms with E-state index in [1.54, 1.807) is 30.3 Å². The number of ether oxygens (including phenoxy) is 1. The third-order valence-electron chi connectivity index (χ3n) is 3.70. The summed E-state index contributed by atoms with van der Waals surface area (Å²) >= 11 is 12.5. The molecule has 0 saturated heterocycles. The molecule has 132 valence electrons. The standard InChI is InChI=1S/C19H14Cl2N2O3/c1-26-17-8-7-12(9-16(17)24)19(25)23(13-5-3-2-4-6-13)18-14(20)10-22-11-15(18)21/h2-11,24H,1H3. The van der Waals surface area contributed by atoms with E-state index in [1.807, 2.05) is 6.07 Å². The molecule has 3 rings (SSSR count). The molecule has 0 aliphatic rings. The number of carbonyl (C=O) groups is 1. The van der Waals surface area contributed by atoms with Crippen LogP contribution in [-0.4, -0.2) is 23.1 Å². The maximum atomic E-state index is 13.2. The van der Waals surface area contributed by atoms with Crippen LogP contribution < -0.4 is 9.64 Å². The third kappa shape index (κ3) is 3.45. The summed E-state index contributed by atoms with van der Waals surface area (Å²) in [5, 5.41) is 10.5. The second-order valence-electron chi connectivity index (χ2n) is 5.31. The van der Waals surface area contributed by atoms with E-state index in [2.05, 4.69) is 4.98 Å². The first kappa shape index (κ1) is 18.0. The zero-order valence-corrected chi connectivity index (χ0v) is 15.2. The molecule has 7 heteroatoms. The Labute approximate surface area is 160 Å². The van der Waals surface area contributed by atoms with E-state index in [1.165, 1.54) is 36.5 Å². The van der Waals surface area contributed by atoms with Crippen LogP contribution in [0.3, 0.4) is 0 Å². The van der Waals surface area contributed by atoms with Crippen LogP contribution >= 0.6 is 23.2 Å². The Morgan fingerprint density at radius 2 is 1.73 bits per heavy atom. The van der Waals surface area contributed by atoms with E-state index < -0.39 is 5.91 Å². The van der Waals surface area contributed by atoms with Crippen molar-refractivity contribution < 1.29 is 14.6 Å². The van der Waals surface area contributed by atoms with E-state index in [0.717, 1.165) is 0 Å². The average Bonchev–Trinajstić information content (AvgIpc) is 2.65. The van der Waals surface area contributed by atoms with Gasteiger partial charge in [-0.3, -0.25) is 14.7 Å². The van der Waals surface area contributed by atoms with Crippen LogP contribution in [0.25, 0.3) is 0 Å². The molecule has 0 spiro atoms. The second kappa shape index (κ2) is 7.64. The van der Waals surface area contributed by atoms with E-state index in [-0.39, 0.29) is 27.1 Å². The highest BCUT2D eigenvalue weighted by atomic mass is 35.5. The molecule has 3 aromatic rings. The number of carbonyl (C=O) groups excluding carboxylic acids is 1. The predicted molar refractivity (Wildman–Crippen MR) is 102 cm³/mol. The van der Waals surface area contributed by atoms with E-state index >= 15 is 0 Å². The molecule has 0 fully saturated rings. The Morgan fingerprint density at radius 3 is 2.31 bits per heavy atom. The molecule has 26 heavy (non-hydrogen) atoms. The van der Waals surface area contributed by atoms with Gasteiger partial charge in [-0.2, -0.15) is 0 Å². The molecule has 0 unspecified atom stereocenters. The first-order valence-electron chi connectivity index (χ1n) is 7.58. The minimum atomic E-state index is -0.413. The van der Waals surface area contributed by atoms with Gasteiger partial charge in [0.2, 0.25) is 0 Å². The van der Waals surface area contributed by atoms with Gasteiger partial charge in [0, 0.05) is 23.6 Å². The number of anilines is 2. The molecule has 5 nitrogen and oxygen atoms in total. The van der Waals surface area contributed by atoms with Gasteiger partial charge in [-0.05, 0) is 30.3 Å². The molecule has 0 saturated carbocycles. The van der Waals surface area contributed by atoms with Gasteiger partial charge in [-0.15, -0.1) is 0 Å². The average molecular weight is 389 g/mol. The van der Waals surface area contributed by atoms with Crippen LogP contribution in [0.5, 0.6) is 11.5 Å². The fourth-order valence-electron chi connectivity index (χ4n) is 2.50. The van der Waals surface area contributed by atoms with Gasteiger partial charge in [-0.25, -0.2) is 0 Å². The van der Waals surface area contributed by atoms with Gasteiger partial charge >= 0.3 is 0 Å². The van der Waals surface area contributed by atoms with Gasteiger partial charge in [0.05, 0.1) is 22.8 Å². The summed E-state index contributed by atoms with van der Waals surface area (Å²) < 4.78 is 5.02. The number of pyridine rings is 1. The number of aromatic hydroxyl groups is 1. The summed E-state index contributed by atoms with van der Waals surface area (Å²) in [5.41, 5.74) is 1.13. The van der Waals surface area contributed by atoms with Crippen molar-refractivity contribution in [2.75, 3.05) is 12.0 Å². The van der Waals surface area contributed by atoms with Gasteiger partial charge in [0.1, 0.15) is 0 Å². The van der Waals surface area contributed by atoms with Gasteiger partial charge in [-0.1, -0.05) is 41.4 Å². The quantitative estimate of drug-likeness (QED) is 0.676. The van der Waals surface area contributed by atoms with Crippen LogP contribution in [0, 0.1) is 0 Å². The summed E-state index contributed by atoms with van der Waals surface area (Å²) in [5.74, 6) is -0.282. The Hall–Kier alpha value is -2.76. The molecular formula is C19H14Cl2N2O3. The van der Waals surface area contributed by atoms with Crippen molar-refractivity contribution in [2.45, 2.75) is 0 Å². The highest BCUT2D eigenvalue weighted by Crippen LogP contribution is 2.39. The molecular weight excluding hydrogens is 375 g/mol. The Bertz CT molecular complexity index is 929. The number of halogens is 2. The number of hydrogen-bond acceptors (Lipinski definition) is 4. The topological polar surface area (TPSA) is 62.7 Å². The molecule has 1 N–H and O–H groups in total. The number of methoxy groups -OCH3 is 1. The number of hydrogen-bond donors (Lipinski definition) is 1. The van der Waals surface area contributed by atoms with Gasteiger partial charge in [0.15, 0.2) is 11.5 Å². The van der Waals surface area contributed by atoms with E-state index in [0.29, 0.717) is 11.4 Å². The molecule has 1 aromatic heterocycles. The molecule has 0 atom stereocenters. The fourth-order valence-corrected chi connectivity index (χ4v) is 3.03. The van der Waals surface area contributed by atoms with Gasteiger partial charge < -0.3 is 9.84 Å². The summed E-state index contributed by atoms with van der Waals surface area (Å²) in [6.07, 6.45) is 2.83. The number of para-hydroxylation sites is 1. The minimum Gasteiger partial charge on any atom is -0.504 e. The lowest BCUT2D eigenvalue weighted by Crippen LogP contribution is -2.26. The highest BCUT2D eigenvalue weighted by molar-refractivity contribution is 6.40. The summed E-state index contributed by atoms with van der Waals surface area (Å²) in [7, 11) is 1.43. The van der Waals surface area contributed by atoms with E-state index in [4.69, 9.17) is 27.9 Å². The van der Waals surface area contributed by atoms with Crippen molar-refractivity contribution in [2.24, 2.45) is 0 Å². The number of phenols is 1. The number of amides is 1. The maximum absolute atomic E-state index is 13.2. The SMILES string of the molecule is COc1ccc(C(=O)N(c2ccccc2)c2c(Cl)cncc2Cl)cc1O. The van der Waals surface area contributed by atoms with Crippen LogP contribution in [-0.2, 0) is 0 Å². The van der Waals surface area contributed by atoms with Crippen LogP contribution in [0.4, 0.5) is 11.4 Å². The number of nitrogens with zero attached hydrogens (tertiary/aromatic N) is 2. The van der Waals surface area contributed by atoms with Gasteiger partial charge in [0.25, 0.3) is 5.91 Å². The minimum absolute atomic E-state index is 0.140. The smallest absolute Gasteiger partial charge is 0.263 e. The number of aromatic nitrogens is 1. The lowest BCUT2D eigenvalue weighted by molar-refractivity contribution is 0.0999. The zero-order valence-electron chi connectivity index (χ0n) is 13.7. The molecule has 1 amide bonds. The van der Waals surface area contributed by atoms with Crippen molar-refractivity contribution in [3.8, 4) is 11.5 Å². The normalized spacial score (nSPS) is 10.4. The lowest BCUT2D eigenvalue weighted by Gasteiger charge is -2.25. The Kier molecular flexibility index (Phi) is 5.30. The number of benzene rings is 2. The first-order chi connectivity index (χ1) is 12.5. The van der Waals surface area contributed by atoms with Crippen molar-refractivity contribution in [3.63, 3.8) is 0 Å². The largest absolute Gasteiger partial charge is 0.504 e. The predicted octanol–water partition coefficient (Wildman–Crippen LogP) is 5.08. The Balaban J connectivity index is 2.15. The molecule has 2 aromatic carbocycles. The van der Waals surface area contributed by atoms with Crippen molar-refractivity contribution in [1.29, 1.82) is 0 Å². The fraction of sp³-hybridized carbons (Fsp3) is 0.0526. The molecule has 0 aliphatic carbocycles. The number of phenolic OH excluding ortho intramolecular Hbond substituents is 1.